The molecule has 0 saturated heterocycles. The first-order chi connectivity index (χ1) is 14.4. The Morgan fingerprint density at radius 3 is 1.88 bits per heavy atom. The topological polar surface area (TPSA) is 104 Å². The van der Waals surface area contributed by atoms with Crippen LogP contribution >= 0.6 is 0 Å². The molecule has 0 saturated carbocycles. The van der Waals surface area contributed by atoms with Crippen molar-refractivity contribution in [3.05, 3.63) is 12.2 Å². The summed E-state index contributed by atoms with van der Waals surface area (Å²) >= 11 is 0. The average Bonchev–Trinajstić information content (AvgIpc) is 2.60. The summed E-state index contributed by atoms with van der Waals surface area (Å²) < 4.78 is 28.9. The molecule has 0 aliphatic carbocycles. The average molecular weight is 511 g/mol. The van der Waals surface area contributed by atoms with Crippen LogP contribution in [-0.4, -0.2) is 66.9 Å². The third kappa shape index (κ3) is 15.5. The van der Waals surface area contributed by atoms with Crippen molar-refractivity contribution in [1.82, 2.24) is 0 Å². The molecule has 190 valence electrons. The van der Waals surface area contributed by atoms with Crippen LogP contribution in [0.4, 0.5) is 0 Å². The van der Waals surface area contributed by atoms with Crippen molar-refractivity contribution in [1.29, 1.82) is 0 Å². The van der Waals surface area contributed by atoms with Crippen molar-refractivity contribution in [2.45, 2.75) is 104 Å². The Hall–Kier alpha value is -0.379. The van der Waals surface area contributed by atoms with Crippen molar-refractivity contribution >= 4 is 31.2 Å². The van der Waals surface area contributed by atoms with Crippen molar-refractivity contribution < 1.29 is 37.4 Å². The fourth-order valence-corrected chi connectivity index (χ4v) is 17.3. The van der Waals surface area contributed by atoms with E-state index in [-0.39, 0.29) is 13.0 Å². The zero-order valence-electron chi connectivity index (χ0n) is 21.6. The van der Waals surface area contributed by atoms with Gasteiger partial charge in [0.1, 0.15) is 0 Å². The number of hydrogen-bond acceptors (Lipinski definition) is 8. The van der Waals surface area contributed by atoms with E-state index in [0.717, 1.165) is 18.5 Å². The van der Waals surface area contributed by atoms with E-state index in [9.17, 15) is 15.0 Å². The Bertz CT molecular complexity index is 594. The molecule has 0 aliphatic rings. The Labute approximate surface area is 197 Å². The molecule has 0 rings (SSSR count). The number of hydrogen-bond donors (Lipinski definition) is 2. The summed E-state index contributed by atoms with van der Waals surface area (Å²) in [5.41, 5.74) is 0.351. The highest BCUT2D eigenvalue weighted by Crippen LogP contribution is 2.26. The van der Waals surface area contributed by atoms with E-state index in [0.29, 0.717) is 18.6 Å². The van der Waals surface area contributed by atoms with E-state index in [1.54, 1.807) is 20.8 Å². The van der Waals surface area contributed by atoms with Gasteiger partial charge in [0.15, 0.2) is 22.9 Å². The summed E-state index contributed by atoms with van der Waals surface area (Å²) in [6.07, 6.45) is 1.05. The molecule has 0 radical (unpaired) electrons. The maximum Gasteiger partial charge on any atom is 0.335 e. The lowest BCUT2D eigenvalue weighted by molar-refractivity contribution is -0.338. The van der Waals surface area contributed by atoms with Crippen molar-refractivity contribution in [2.75, 3.05) is 13.2 Å². The normalized spacial score (nSPS) is 14.3. The molecule has 11 heteroatoms. The van der Waals surface area contributed by atoms with E-state index in [1.807, 2.05) is 0 Å². The van der Waals surface area contributed by atoms with Crippen LogP contribution in [0.3, 0.4) is 0 Å². The van der Waals surface area contributed by atoms with Gasteiger partial charge in [-0.15, -0.1) is 0 Å². The van der Waals surface area contributed by atoms with Crippen LogP contribution in [0.25, 0.3) is 0 Å². The van der Waals surface area contributed by atoms with Gasteiger partial charge in [-0.2, -0.15) is 0 Å². The largest absolute Gasteiger partial charge is 0.437 e. The van der Waals surface area contributed by atoms with Gasteiger partial charge < -0.3 is 32.7 Å². The molecule has 1 unspecified atom stereocenters. The molecule has 0 heterocycles. The van der Waals surface area contributed by atoms with Crippen molar-refractivity contribution in [3.8, 4) is 0 Å². The molecule has 8 nitrogen and oxygen atoms in total. The minimum absolute atomic E-state index is 0.126. The molecule has 0 fully saturated rings. The highest BCUT2D eigenvalue weighted by Gasteiger charge is 2.39. The molecular formula is C21H46O8Si3. The lowest BCUT2D eigenvalue weighted by Crippen LogP contribution is -2.52. The smallest absolute Gasteiger partial charge is 0.335 e. The second-order valence-electron chi connectivity index (χ2n) is 9.90. The van der Waals surface area contributed by atoms with E-state index in [4.69, 9.17) is 22.4 Å². The predicted octanol–water partition coefficient (Wildman–Crippen LogP) is 4.46. The molecule has 2 N–H and O–H groups in total. The van der Waals surface area contributed by atoms with E-state index >= 15 is 0 Å². The fourth-order valence-electron chi connectivity index (χ4n) is 3.32. The maximum atomic E-state index is 11.5. The molecule has 0 spiro atoms. The van der Waals surface area contributed by atoms with Gasteiger partial charge in [-0.05, 0) is 78.1 Å². The lowest BCUT2D eigenvalue weighted by Gasteiger charge is -2.39. The molecule has 32 heavy (non-hydrogen) atoms. The molecular weight excluding hydrogens is 464 g/mol. The number of esters is 1. The first-order valence-electron chi connectivity index (χ1n) is 11.4. The zero-order valence-corrected chi connectivity index (χ0v) is 24.6. The molecule has 0 aliphatic heterocycles. The van der Waals surface area contributed by atoms with Crippen LogP contribution in [0.2, 0.25) is 51.4 Å². The van der Waals surface area contributed by atoms with Gasteiger partial charge >= 0.3 is 14.5 Å². The highest BCUT2D eigenvalue weighted by molar-refractivity contribution is 6.87. The van der Waals surface area contributed by atoms with Gasteiger partial charge in [0, 0.05) is 12.0 Å². The minimum atomic E-state index is -2.33. The number of carbonyl (C=O) groups is 1. The maximum absolute atomic E-state index is 11.5. The summed E-state index contributed by atoms with van der Waals surface area (Å²) in [5.74, 6) is -2.50. The summed E-state index contributed by atoms with van der Waals surface area (Å²) in [6, 6.07) is 1.76. The van der Waals surface area contributed by atoms with Gasteiger partial charge in [-0.1, -0.05) is 13.5 Å². The summed E-state index contributed by atoms with van der Waals surface area (Å²) in [4.78, 5) is 11.5. The van der Waals surface area contributed by atoms with Crippen LogP contribution in [-0.2, 0) is 27.2 Å². The minimum Gasteiger partial charge on any atom is -0.437 e. The van der Waals surface area contributed by atoms with Crippen molar-refractivity contribution in [2.24, 2.45) is 0 Å². The number of rotatable bonds is 17. The molecule has 0 amide bonds. The molecule has 0 aromatic rings. The van der Waals surface area contributed by atoms with Gasteiger partial charge in [-0.25, -0.2) is 4.79 Å². The summed E-state index contributed by atoms with van der Waals surface area (Å²) in [5, 5.41) is 19.0. The Kier molecular flexibility index (Phi) is 13.3. The van der Waals surface area contributed by atoms with Gasteiger partial charge in [-0.3, -0.25) is 0 Å². The van der Waals surface area contributed by atoms with Crippen LogP contribution in [0.5, 0.6) is 0 Å². The summed E-state index contributed by atoms with van der Waals surface area (Å²) in [6.45, 7) is 22.2. The molecule has 0 aromatic heterocycles. The second-order valence-corrected chi connectivity index (χ2v) is 22.4. The highest BCUT2D eigenvalue weighted by atomic mass is 28.5. The Morgan fingerprint density at radius 1 is 0.969 bits per heavy atom. The van der Waals surface area contributed by atoms with Crippen LogP contribution < -0.4 is 0 Å². The Morgan fingerprint density at radius 2 is 1.44 bits per heavy atom. The zero-order chi connectivity index (χ0) is 25.2. The second kappa shape index (κ2) is 13.5. The molecule has 0 bridgehead atoms. The van der Waals surface area contributed by atoms with Crippen molar-refractivity contribution in [3.63, 3.8) is 0 Å². The Balaban J connectivity index is 4.41. The monoisotopic (exact) mass is 510 g/mol. The van der Waals surface area contributed by atoms with Gasteiger partial charge in [0.05, 0.1) is 13.2 Å². The van der Waals surface area contributed by atoms with Gasteiger partial charge in [0.2, 0.25) is 0 Å². The van der Waals surface area contributed by atoms with E-state index in [2.05, 4.69) is 45.9 Å². The number of carbonyl (C=O) groups excluding carboxylic acids is 1. The van der Waals surface area contributed by atoms with Crippen LogP contribution in [0.1, 0.15) is 40.0 Å². The fraction of sp³-hybridized carbons (Fsp3) is 0.857. The number of aliphatic hydroxyl groups is 2. The first kappa shape index (κ1) is 31.6. The SMILES string of the molecule is C=C(C)C(=O)OC(C)OCCC[Si](C)(C)O[Si](C)(C)O[Si](C)(C)CCCOC(O)(O)CC. The third-order valence-corrected chi connectivity index (χ3v) is 16.1. The van der Waals surface area contributed by atoms with Crippen LogP contribution in [0, 0.1) is 0 Å². The first-order valence-corrected chi connectivity index (χ1v) is 20.4. The van der Waals surface area contributed by atoms with Crippen LogP contribution in [0.15, 0.2) is 12.2 Å². The molecule has 1 atom stereocenters. The number of ether oxygens (including phenoxy) is 3. The van der Waals surface area contributed by atoms with E-state index in [1.165, 1.54) is 0 Å². The van der Waals surface area contributed by atoms with E-state index < -0.39 is 43.4 Å². The summed E-state index contributed by atoms with van der Waals surface area (Å²) in [7, 11) is -6.28. The predicted molar refractivity (Wildman–Crippen MR) is 133 cm³/mol. The van der Waals surface area contributed by atoms with Gasteiger partial charge in [0.25, 0.3) is 5.97 Å². The molecule has 0 aromatic carbocycles. The third-order valence-electron chi connectivity index (χ3n) is 4.66. The standard InChI is InChI=1S/C21H46O8Si3/c1-11-21(23,24)26-15-13-17-31(7,8)29-32(9,10)28-30(5,6)16-12-14-25-19(4)27-20(22)18(2)3/h19,23-24H,2,11-17H2,1,3-10H3. The quantitative estimate of drug-likeness (QED) is 0.0972. The lowest BCUT2D eigenvalue weighted by atomic mass is 10.4.